The first-order chi connectivity index (χ1) is 9.45. The largest absolute Gasteiger partial charge is 0.388 e. The van der Waals surface area contributed by atoms with E-state index in [9.17, 15) is 13.5 Å². The summed E-state index contributed by atoms with van der Waals surface area (Å²) in [6.45, 7) is 7.03. The molecule has 0 aromatic carbocycles. The SMILES string of the molecule is COC1(C)CC(N(C)CC2(O)CCS(=O)(=O)CC2)C1(C)C. The van der Waals surface area contributed by atoms with E-state index in [0.29, 0.717) is 25.4 Å². The summed E-state index contributed by atoms with van der Waals surface area (Å²) in [5, 5.41) is 10.7. The van der Waals surface area contributed by atoms with Gasteiger partial charge in [-0.2, -0.15) is 0 Å². The molecule has 2 aliphatic rings. The van der Waals surface area contributed by atoms with Gasteiger partial charge < -0.3 is 9.84 Å². The maximum absolute atomic E-state index is 11.5. The molecule has 1 saturated heterocycles. The van der Waals surface area contributed by atoms with Gasteiger partial charge in [-0.25, -0.2) is 8.42 Å². The zero-order valence-electron chi connectivity index (χ0n) is 13.8. The summed E-state index contributed by atoms with van der Waals surface area (Å²) >= 11 is 0. The lowest BCUT2D eigenvalue weighted by atomic mass is 9.55. The Hall–Kier alpha value is -0.170. The molecule has 6 heteroatoms. The Morgan fingerprint density at radius 3 is 2.19 bits per heavy atom. The Labute approximate surface area is 128 Å². The van der Waals surface area contributed by atoms with Gasteiger partial charge in [-0.05, 0) is 33.2 Å². The number of likely N-dealkylation sites (N-methyl/N-ethyl adjacent to an activating group) is 1. The third-order valence-corrected chi connectivity index (χ3v) is 7.71. The van der Waals surface area contributed by atoms with Crippen molar-refractivity contribution in [2.75, 3.05) is 32.2 Å². The molecule has 1 heterocycles. The highest BCUT2D eigenvalue weighted by atomic mass is 32.2. The van der Waals surface area contributed by atoms with E-state index in [0.717, 1.165) is 6.42 Å². The minimum absolute atomic E-state index is 0.00754. The summed E-state index contributed by atoms with van der Waals surface area (Å²) in [5.74, 6) is 0.197. The summed E-state index contributed by atoms with van der Waals surface area (Å²) in [4.78, 5) is 2.18. The van der Waals surface area contributed by atoms with E-state index in [1.165, 1.54) is 0 Å². The van der Waals surface area contributed by atoms with E-state index in [1.807, 2.05) is 7.05 Å². The predicted octanol–water partition coefficient (Wildman–Crippen LogP) is 1.06. The van der Waals surface area contributed by atoms with Crippen LogP contribution in [-0.4, -0.2) is 67.9 Å². The number of hydrogen-bond donors (Lipinski definition) is 1. The highest BCUT2D eigenvalue weighted by Crippen LogP contribution is 2.53. The van der Waals surface area contributed by atoms with Crippen molar-refractivity contribution in [1.29, 1.82) is 0 Å². The Balaban J connectivity index is 1.99. The van der Waals surface area contributed by atoms with Crippen molar-refractivity contribution < 1.29 is 18.3 Å². The van der Waals surface area contributed by atoms with Gasteiger partial charge in [0, 0.05) is 25.1 Å². The van der Waals surface area contributed by atoms with Gasteiger partial charge in [0.15, 0.2) is 9.84 Å². The summed E-state index contributed by atoms with van der Waals surface area (Å²) < 4.78 is 28.7. The van der Waals surface area contributed by atoms with E-state index in [-0.39, 0.29) is 22.5 Å². The fraction of sp³-hybridized carbons (Fsp3) is 1.00. The van der Waals surface area contributed by atoms with Crippen LogP contribution in [0.3, 0.4) is 0 Å². The Bertz CT molecular complexity index is 488. The second-order valence-electron chi connectivity index (χ2n) is 7.67. The zero-order valence-corrected chi connectivity index (χ0v) is 14.7. The Morgan fingerprint density at radius 2 is 1.76 bits per heavy atom. The molecule has 1 aliphatic carbocycles. The van der Waals surface area contributed by atoms with Crippen molar-refractivity contribution in [3.05, 3.63) is 0 Å². The molecular formula is C15H29NO4S. The van der Waals surface area contributed by atoms with Crippen molar-refractivity contribution in [2.24, 2.45) is 5.41 Å². The first kappa shape index (κ1) is 17.2. The van der Waals surface area contributed by atoms with Gasteiger partial charge >= 0.3 is 0 Å². The van der Waals surface area contributed by atoms with Gasteiger partial charge in [-0.15, -0.1) is 0 Å². The van der Waals surface area contributed by atoms with E-state index < -0.39 is 15.4 Å². The lowest BCUT2D eigenvalue weighted by molar-refractivity contribution is -0.211. The third-order valence-electron chi connectivity index (χ3n) is 6.06. The average molecular weight is 319 g/mol. The highest BCUT2D eigenvalue weighted by Gasteiger charge is 2.59. The molecule has 5 nitrogen and oxygen atoms in total. The van der Waals surface area contributed by atoms with Crippen LogP contribution in [0.4, 0.5) is 0 Å². The van der Waals surface area contributed by atoms with E-state index >= 15 is 0 Å². The molecule has 0 bridgehead atoms. The van der Waals surface area contributed by atoms with Crippen LogP contribution < -0.4 is 0 Å². The minimum atomic E-state index is -2.95. The normalized spacial score (nSPS) is 37.2. The molecule has 21 heavy (non-hydrogen) atoms. The molecule has 0 spiro atoms. The fourth-order valence-electron chi connectivity index (χ4n) is 3.81. The predicted molar refractivity (Wildman–Crippen MR) is 83.1 cm³/mol. The zero-order chi connectivity index (χ0) is 16.1. The number of rotatable bonds is 4. The molecule has 1 N–H and O–H groups in total. The molecule has 2 fully saturated rings. The second-order valence-corrected chi connectivity index (χ2v) is 9.97. The molecule has 124 valence electrons. The summed E-state index contributed by atoms with van der Waals surface area (Å²) in [6, 6.07) is 0.338. The third kappa shape index (κ3) is 3.00. The van der Waals surface area contributed by atoms with Crippen LogP contribution in [-0.2, 0) is 14.6 Å². The average Bonchev–Trinajstić information content (AvgIpc) is 2.39. The van der Waals surface area contributed by atoms with E-state index in [2.05, 4.69) is 25.7 Å². The molecule has 0 aromatic heterocycles. The molecule has 1 saturated carbocycles. The summed E-state index contributed by atoms with van der Waals surface area (Å²) in [6.07, 6.45) is 1.62. The lowest BCUT2D eigenvalue weighted by Gasteiger charge is -2.62. The van der Waals surface area contributed by atoms with Gasteiger partial charge in [-0.3, -0.25) is 4.90 Å². The van der Waals surface area contributed by atoms with Crippen molar-refractivity contribution in [3.63, 3.8) is 0 Å². The number of ether oxygens (including phenoxy) is 1. The second kappa shape index (κ2) is 5.18. The van der Waals surface area contributed by atoms with Gasteiger partial charge in [0.25, 0.3) is 0 Å². The number of hydrogen-bond acceptors (Lipinski definition) is 5. The first-order valence-electron chi connectivity index (χ1n) is 7.63. The Kier molecular flexibility index (Phi) is 4.24. The highest BCUT2D eigenvalue weighted by molar-refractivity contribution is 7.91. The molecule has 0 amide bonds. The maximum Gasteiger partial charge on any atom is 0.150 e. The number of nitrogens with zero attached hydrogens (tertiary/aromatic N) is 1. The van der Waals surface area contributed by atoms with Crippen molar-refractivity contribution in [2.45, 2.75) is 57.3 Å². The van der Waals surface area contributed by atoms with E-state index in [1.54, 1.807) is 7.11 Å². The molecular weight excluding hydrogens is 290 g/mol. The fourth-order valence-corrected chi connectivity index (χ4v) is 5.40. The molecule has 2 atom stereocenters. The number of methoxy groups -OCH3 is 1. The quantitative estimate of drug-likeness (QED) is 0.839. The maximum atomic E-state index is 11.5. The monoisotopic (exact) mass is 319 g/mol. The van der Waals surface area contributed by atoms with Gasteiger partial charge in [0.05, 0.1) is 22.7 Å². The lowest BCUT2D eigenvalue weighted by Crippen LogP contribution is -2.69. The summed E-state index contributed by atoms with van der Waals surface area (Å²) in [7, 11) is 0.819. The molecule has 2 unspecified atom stereocenters. The topological polar surface area (TPSA) is 66.8 Å². The van der Waals surface area contributed by atoms with Crippen LogP contribution >= 0.6 is 0 Å². The van der Waals surface area contributed by atoms with Gasteiger partial charge in [-0.1, -0.05) is 13.8 Å². The molecule has 0 aromatic rings. The standard InChI is InChI=1S/C15H29NO4S/c1-13(2)12(10-14(13,3)20-5)16(4)11-15(17)6-8-21(18,19)9-7-15/h12,17H,6-11H2,1-5H3. The Morgan fingerprint density at radius 1 is 1.24 bits per heavy atom. The van der Waals surface area contributed by atoms with Crippen molar-refractivity contribution in [3.8, 4) is 0 Å². The van der Waals surface area contributed by atoms with Crippen LogP contribution in [0.25, 0.3) is 0 Å². The first-order valence-corrected chi connectivity index (χ1v) is 9.45. The smallest absolute Gasteiger partial charge is 0.150 e. The molecule has 2 rings (SSSR count). The van der Waals surface area contributed by atoms with E-state index in [4.69, 9.17) is 4.74 Å². The molecule has 1 aliphatic heterocycles. The number of aliphatic hydroxyl groups is 1. The van der Waals surface area contributed by atoms with Gasteiger partial charge in [0.1, 0.15) is 0 Å². The van der Waals surface area contributed by atoms with Crippen LogP contribution in [0, 0.1) is 5.41 Å². The van der Waals surface area contributed by atoms with Crippen LogP contribution in [0.5, 0.6) is 0 Å². The number of sulfone groups is 1. The van der Waals surface area contributed by atoms with Crippen molar-refractivity contribution >= 4 is 9.84 Å². The molecule has 0 radical (unpaired) electrons. The van der Waals surface area contributed by atoms with Crippen LogP contribution in [0.1, 0.15) is 40.0 Å². The summed E-state index contributed by atoms with van der Waals surface area (Å²) in [5.41, 5.74) is -1.01. The minimum Gasteiger partial charge on any atom is -0.388 e. The van der Waals surface area contributed by atoms with Crippen molar-refractivity contribution in [1.82, 2.24) is 4.90 Å². The van der Waals surface area contributed by atoms with Gasteiger partial charge in [0.2, 0.25) is 0 Å². The van der Waals surface area contributed by atoms with Crippen LogP contribution in [0.2, 0.25) is 0 Å². The van der Waals surface area contributed by atoms with Crippen LogP contribution in [0.15, 0.2) is 0 Å².